The van der Waals surface area contributed by atoms with Crippen molar-refractivity contribution in [3.8, 4) is 11.5 Å². The van der Waals surface area contributed by atoms with E-state index in [1.807, 2.05) is 79.7 Å². The Morgan fingerprint density at radius 2 is 1.52 bits per heavy atom. The Bertz CT molecular complexity index is 921. The molecule has 0 aliphatic carbocycles. The molecule has 0 bridgehead atoms. The largest absolute Gasteiger partial charge is 0.497 e. The molecular formula is C23H21NO2S. The van der Waals surface area contributed by atoms with E-state index in [-0.39, 0.29) is 0 Å². The molecule has 0 N–H and O–H groups in total. The third-order valence-corrected chi connectivity index (χ3v) is 4.81. The van der Waals surface area contributed by atoms with Crippen LogP contribution in [0.4, 0.5) is 5.69 Å². The smallest absolute Gasteiger partial charge is 0.130 e. The van der Waals surface area contributed by atoms with Crippen molar-refractivity contribution in [2.45, 2.75) is 11.8 Å². The van der Waals surface area contributed by atoms with Crippen molar-refractivity contribution in [2.75, 3.05) is 7.11 Å². The maximum Gasteiger partial charge on any atom is 0.130 e. The molecule has 136 valence electrons. The van der Waals surface area contributed by atoms with Gasteiger partial charge in [-0.15, -0.1) is 0 Å². The minimum Gasteiger partial charge on any atom is -0.497 e. The molecule has 0 radical (unpaired) electrons. The Morgan fingerprint density at radius 3 is 2.22 bits per heavy atom. The van der Waals surface area contributed by atoms with E-state index >= 15 is 0 Å². The van der Waals surface area contributed by atoms with Gasteiger partial charge in [0.25, 0.3) is 0 Å². The van der Waals surface area contributed by atoms with E-state index < -0.39 is 0 Å². The minimum atomic E-state index is 0.720. The van der Waals surface area contributed by atoms with Gasteiger partial charge in [0, 0.05) is 16.5 Å². The zero-order chi connectivity index (χ0) is 18.9. The Balaban J connectivity index is 1.85. The van der Waals surface area contributed by atoms with E-state index in [0.29, 0.717) is 0 Å². The second-order valence-corrected chi connectivity index (χ2v) is 6.83. The van der Waals surface area contributed by atoms with Crippen LogP contribution in [-0.4, -0.2) is 12.2 Å². The van der Waals surface area contributed by atoms with E-state index in [9.17, 15) is 0 Å². The number of ether oxygens (including phenoxy) is 2. The van der Waals surface area contributed by atoms with E-state index in [1.54, 1.807) is 25.1 Å². The molecule has 0 spiro atoms. The van der Waals surface area contributed by atoms with Crippen LogP contribution in [0.2, 0.25) is 0 Å². The number of thioether (sulfide) groups is 1. The van der Waals surface area contributed by atoms with Gasteiger partial charge in [0.2, 0.25) is 0 Å². The Morgan fingerprint density at radius 1 is 0.852 bits per heavy atom. The SMILES string of the molecule is COc1cccc(O/C=C(\C)C(=Nc2ccccc2)Sc2ccccc2)c1. The molecule has 0 aliphatic heterocycles. The summed E-state index contributed by atoms with van der Waals surface area (Å²) < 4.78 is 11.1. The summed E-state index contributed by atoms with van der Waals surface area (Å²) in [6, 6.07) is 27.6. The lowest BCUT2D eigenvalue weighted by Gasteiger charge is -2.09. The highest BCUT2D eigenvalue weighted by molar-refractivity contribution is 8.14. The first-order valence-corrected chi connectivity index (χ1v) is 9.41. The second kappa shape index (κ2) is 9.64. The van der Waals surface area contributed by atoms with Crippen molar-refractivity contribution in [3.05, 3.63) is 96.8 Å². The fourth-order valence-corrected chi connectivity index (χ4v) is 3.17. The summed E-state index contributed by atoms with van der Waals surface area (Å²) in [5.41, 5.74) is 1.85. The topological polar surface area (TPSA) is 30.8 Å². The number of para-hydroxylation sites is 1. The molecule has 3 rings (SSSR count). The maximum absolute atomic E-state index is 5.83. The van der Waals surface area contributed by atoms with Crippen LogP contribution in [0.15, 0.2) is 107 Å². The average molecular weight is 375 g/mol. The lowest BCUT2D eigenvalue weighted by Crippen LogP contribution is -1.97. The van der Waals surface area contributed by atoms with Gasteiger partial charge in [-0.1, -0.05) is 54.2 Å². The Hall–Kier alpha value is -2.98. The van der Waals surface area contributed by atoms with Gasteiger partial charge in [0.05, 0.1) is 19.1 Å². The van der Waals surface area contributed by atoms with Crippen LogP contribution in [0.25, 0.3) is 0 Å². The van der Waals surface area contributed by atoms with Crippen LogP contribution < -0.4 is 9.47 Å². The molecular weight excluding hydrogens is 354 g/mol. The third kappa shape index (κ3) is 5.76. The van der Waals surface area contributed by atoms with Crippen molar-refractivity contribution in [1.29, 1.82) is 0 Å². The lowest BCUT2D eigenvalue weighted by atomic mass is 10.3. The number of benzene rings is 3. The highest BCUT2D eigenvalue weighted by Crippen LogP contribution is 2.27. The predicted octanol–water partition coefficient (Wildman–Crippen LogP) is 6.50. The number of methoxy groups -OCH3 is 1. The fourth-order valence-electron chi connectivity index (χ4n) is 2.29. The van der Waals surface area contributed by atoms with Gasteiger partial charge in [-0.2, -0.15) is 0 Å². The zero-order valence-corrected chi connectivity index (χ0v) is 16.1. The van der Waals surface area contributed by atoms with E-state index in [4.69, 9.17) is 14.5 Å². The first kappa shape index (κ1) is 18.8. The van der Waals surface area contributed by atoms with Gasteiger partial charge >= 0.3 is 0 Å². The summed E-state index contributed by atoms with van der Waals surface area (Å²) in [4.78, 5) is 5.93. The molecule has 4 heteroatoms. The Labute approximate surface area is 164 Å². The third-order valence-electron chi connectivity index (χ3n) is 3.69. The van der Waals surface area contributed by atoms with E-state index in [2.05, 4.69) is 12.1 Å². The molecule has 0 unspecified atom stereocenters. The summed E-state index contributed by atoms with van der Waals surface area (Å²) in [6.07, 6.45) is 1.73. The molecule has 3 aromatic carbocycles. The lowest BCUT2D eigenvalue weighted by molar-refractivity contribution is 0.408. The first-order valence-electron chi connectivity index (χ1n) is 8.59. The van der Waals surface area contributed by atoms with Crippen LogP contribution in [-0.2, 0) is 0 Å². The average Bonchev–Trinajstić information content (AvgIpc) is 2.73. The van der Waals surface area contributed by atoms with E-state index in [1.165, 1.54) is 0 Å². The molecule has 0 atom stereocenters. The van der Waals surface area contributed by atoms with Gasteiger partial charge in [-0.3, -0.25) is 0 Å². The number of hydrogen-bond acceptors (Lipinski definition) is 4. The first-order chi connectivity index (χ1) is 13.2. The van der Waals surface area contributed by atoms with Crippen molar-refractivity contribution >= 4 is 22.5 Å². The maximum atomic E-state index is 5.83. The van der Waals surface area contributed by atoms with Crippen LogP contribution in [0.3, 0.4) is 0 Å². The molecule has 0 fully saturated rings. The van der Waals surface area contributed by atoms with Crippen molar-refractivity contribution in [2.24, 2.45) is 4.99 Å². The molecule has 3 aromatic rings. The minimum absolute atomic E-state index is 0.720. The molecule has 0 saturated heterocycles. The number of rotatable bonds is 6. The summed E-state index contributed by atoms with van der Waals surface area (Å²) in [6.45, 7) is 2.00. The van der Waals surface area contributed by atoms with Crippen molar-refractivity contribution in [1.82, 2.24) is 0 Å². The molecule has 0 amide bonds. The van der Waals surface area contributed by atoms with E-state index in [0.717, 1.165) is 32.7 Å². The quantitative estimate of drug-likeness (QED) is 0.213. The zero-order valence-electron chi connectivity index (χ0n) is 15.3. The molecule has 0 aromatic heterocycles. The van der Waals surface area contributed by atoms with Gasteiger partial charge in [-0.25, -0.2) is 4.99 Å². The van der Waals surface area contributed by atoms with Crippen molar-refractivity contribution in [3.63, 3.8) is 0 Å². The molecule has 3 nitrogen and oxygen atoms in total. The molecule has 27 heavy (non-hydrogen) atoms. The standard InChI is InChI=1S/C23H21NO2S/c1-18(17-26-21-13-9-12-20(16-21)25-2)23(24-19-10-5-3-6-11-19)27-22-14-7-4-8-15-22/h3-17H,1-2H3/b18-17+,24-23?. The monoisotopic (exact) mass is 375 g/mol. The van der Waals surface area contributed by atoms with Crippen molar-refractivity contribution < 1.29 is 9.47 Å². The second-order valence-electron chi connectivity index (χ2n) is 5.77. The van der Waals surface area contributed by atoms with Gasteiger partial charge in [0.15, 0.2) is 0 Å². The summed E-state index contributed by atoms with van der Waals surface area (Å²) in [5, 5.41) is 0.885. The van der Waals surface area contributed by atoms with Crippen LogP contribution in [0.1, 0.15) is 6.92 Å². The van der Waals surface area contributed by atoms with Crippen LogP contribution >= 0.6 is 11.8 Å². The molecule has 0 saturated carbocycles. The summed E-state index contributed by atoms with van der Waals surface area (Å²) in [5.74, 6) is 1.48. The van der Waals surface area contributed by atoms with Crippen LogP contribution in [0, 0.1) is 0 Å². The summed E-state index contributed by atoms with van der Waals surface area (Å²) in [7, 11) is 1.64. The molecule has 0 aliphatic rings. The Kier molecular flexibility index (Phi) is 6.72. The fraction of sp³-hybridized carbons (Fsp3) is 0.0870. The van der Waals surface area contributed by atoms with Crippen LogP contribution in [0.5, 0.6) is 11.5 Å². The highest BCUT2D eigenvalue weighted by Gasteiger charge is 2.07. The highest BCUT2D eigenvalue weighted by atomic mass is 32.2. The number of aliphatic imine (C=N–C) groups is 1. The molecule has 0 heterocycles. The number of nitrogens with zero attached hydrogens (tertiary/aromatic N) is 1. The van der Waals surface area contributed by atoms with Gasteiger partial charge in [-0.05, 0) is 43.3 Å². The van der Waals surface area contributed by atoms with Gasteiger partial charge < -0.3 is 9.47 Å². The summed E-state index contributed by atoms with van der Waals surface area (Å²) >= 11 is 1.61. The predicted molar refractivity (Wildman–Crippen MR) is 113 cm³/mol. The van der Waals surface area contributed by atoms with Gasteiger partial charge in [0.1, 0.15) is 16.5 Å². The normalized spacial score (nSPS) is 11.9. The number of hydrogen-bond donors (Lipinski definition) is 0.